The van der Waals surface area contributed by atoms with Crippen LogP contribution in [-0.2, 0) is 30.3 Å². The molecular formula is C37H55N5O7S. The van der Waals surface area contributed by atoms with Gasteiger partial charge in [-0.3, -0.25) is 28.9 Å². The number of benzene rings is 1. The first-order valence-electron chi connectivity index (χ1n) is 17.7. The van der Waals surface area contributed by atoms with E-state index in [0.29, 0.717) is 17.8 Å². The maximum atomic E-state index is 13.8. The Bertz CT molecular complexity index is 1430. The van der Waals surface area contributed by atoms with Gasteiger partial charge in [-0.2, -0.15) is 0 Å². The van der Waals surface area contributed by atoms with Crippen LogP contribution in [0.2, 0.25) is 0 Å². The van der Waals surface area contributed by atoms with Crippen molar-refractivity contribution >= 4 is 41.0 Å². The number of amides is 3. The zero-order chi connectivity index (χ0) is 37.0. The summed E-state index contributed by atoms with van der Waals surface area (Å²) < 4.78 is 5.70. The van der Waals surface area contributed by atoms with Gasteiger partial charge in [-0.15, -0.1) is 11.3 Å². The molecule has 4 N–H and O–H groups in total. The summed E-state index contributed by atoms with van der Waals surface area (Å²) >= 11 is 1.17. The fourth-order valence-corrected chi connectivity index (χ4v) is 7.02. The lowest BCUT2D eigenvalue weighted by Gasteiger charge is -2.34. The number of carbonyl (C=O) groups excluding carboxylic acids is 4. The van der Waals surface area contributed by atoms with Crippen LogP contribution in [0, 0.1) is 17.8 Å². The van der Waals surface area contributed by atoms with Crippen LogP contribution in [0.3, 0.4) is 0 Å². The number of hydrogen-bond acceptors (Lipinski definition) is 9. The van der Waals surface area contributed by atoms with Crippen molar-refractivity contribution in [2.24, 2.45) is 17.8 Å². The lowest BCUT2D eigenvalue weighted by atomic mass is 9.94. The van der Waals surface area contributed by atoms with E-state index in [4.69, 9.17) is 4.74 Å². The van der Waals surface area contributed by atoms with Crippen molar-refractivity contribution in [3.8, 4) is 0 Å². The van der Waals surface area contributed by atoms with Crippen LogP contribution in [0.15, 0.2) is 35.7 Å². The highest BCUT2D eigenvalue weighted by atomic mass is 32.1. The number of carbonyl (C=O) groups is 5. The van der Waals surface area contributed by atoms with Gasteiger partial charge in [0.1, 0.15) is 16.7 Å². The van der Waals surface area contributed by atoms with Crippen LogP contribution < -0.4 is 16.0 Å². The van der Waals surface area contributed by atoms with Gasteiger partial charge in [0.2, 0.25) is 11.8 Å². The molecule has 12 nitrogen and oxygen atoms in total. The quantitative estimate of drug-likeness (QED) is 0.160. The van der Waals surface area contributed by atoms with Gasteiger partial charge in [0, 0.05) is 30.8 Å². The molecule has 1 fully saturated rings. The summed E-state index contributed by atoms with van der Waals surface area (Å²) in [5, 5.41) is 20.6. The second-order valence-electron chi connectivity index (χ2n) is 14.0. The zero-order valence-electron chi connectivity index (χ0n) is 30.4. The van der Waals surface area contributed by atoms with Gasteiger partial charge in [-0.1, -0.05) is 77.8 Å². The summed E-state index contributed by atoms with van der Waals surface area (Å²) in [6.07, 6.45) is 3.49. The maximum Gasteiger partial charge on any atom is 0.306 e. The summed E-state index contributed by atoms with van der Waals surface area (Å²) in [6.45, 7) is 11.6. The van der Waals surface area contributed by atoms with E-state index in [-0.39, 0.29) is 48.2 Å². The minimum atomic E-state index is -0.945. The molecule has 7 atom stereocenters. The number of likely N-dealkylation sites (tertiary alicyclic amines) is 1. The van der Waals surface area contributed by atoms with E-state index in [1.54, 1.807) is 12.3 Å². The number of likely N-dealkylation sites (N-methyl/N-ethyl adjacent to an activating group) is 1. The van der Waals surface area contributed by atoms with Gasteiger partial charge in [0.15, 0.2) is 6.10 Å². The summed E-state index contributed by atoms with van der Waals surface area (Å²) in [6, 6.07) is 7.61. The second-order valence-corrected chi connectivity index (χ2v) is 14.9. The summed E-state index contributed by atoms with van der Waals surface area (Å²) in [5.41, 5.74) is 1.09. The van der Waals surface area contributed by atoms with Gasteiger partial charge in [-0.25, -0.2) is 4.98 Å². The summed E-state index contributed by atoms with van der Waals surface area (Å²) in [7, 11) is 1.93. The highest BCUT2D eigenvalue weighted by molar-refractivity contribution is 7.09. The molecule has 1 aromatic heterocycles. The van der Waals surface area contributed by atoms with Crippen molar-refractivity contribution in [3.63, 3.8) is 0 Å². The Morgan fingerprint density at radius 1 is 1.02 bits per heavy atom. The molecule has 0 bridgehead atoms. The van der Waals surface area contributed by atoms with E-state index in [1.807, 2.05) is 70.0 Å². The summed E-state index contributed by atoms with van der Waals surface area (Å²) in [4.78, 5) is 70.9. The Hall–Kier alpha value is -3.84. The Kier molecular flexibility index (Phi) is 15.8. The number of ether oxygens (including phenoxy) is 1. The highest BCUT2D eigenvalue weighted by Crippen LogP contribution is 2.29. The average molecular weight is 714 g/mol. The molecule has 13 heteroatoms. The molecule has 0 radical (unpaired) electrons. The Morgan fingerprint density at radius 2 is 1.72 bits per heavy atom. The number of piperidine rings is 1. The molecule has 1 saturated heterocycles. The first-order valence-corrected chi connectivity index (χ1v) is 18.6. The van der Waals surface area contributed by atoms with Crippen molar-refractivity contribution in [2.75, 3.05) is 13.6 Å². The maximum absolute atomic E-state index is 13.8. The van der Waals surface area contributed by atoms with Crippen LogP contribution in [0.4, 0.5) is 0 Å². The molecule has 1 aliphatic rings. The molecule has 2 heterocycles. The third-order valence-electron chi connectivity index (χ3n) is 9.52. The first-order chi connectivity index (χ1) is 23.7. The van der Waals surface area contributed by atoms with E-state index < -0.39 is 48.0 Å². The van der Waals surface area contributed by atoms with Crippen molar-refractivity contribution < 1.29 is 33.8 Å². The molecule has 276 valence electrons. The lowest BCUT2D eigenvalue weighted by Crippen LogP contribution is -2.57. The largest absolute Gasteiger partial charge is 0.481 e. The van der Waals surface area contributed by atoms with Gasteiger partial charge in [-0.05, 0) is 56.7 Å². The topological polar surface area (TPSA) is 167 Å². The number of nitrogens with one attached hydrogen (secondary N) is 3. The van der Waals surface area contributed by atoms with Crippen molar-refractivity contribution in [1.29, 1.82) is 0 Å². The van der Waals surface area contributed by atoms with Crippen LogP contribution in [0.25, 0.3) is 0 Å². The van der Waals surface area contributed by atoms with E-state index in [1.165, 1.54) is 18.3 Å². The third-order valence-corrected chi connectivity index (χ3v) is 10.5. The number of carboxylic acids is 1. The van der Waals surface area contributed by atoms with Crippen LogP contribution in [0.1, 0.15) is 107 Å². The number of nitrogens with zero attached hydrogens (tertiary/aromatic N) is 2. The standard InChI is InChI=1S/C37H55N5O7S/c1-8-23(4)32(41-34(45)30-16-12-13-17-42(30)7)35(46)39-28(22(2)3)20-31(49-25(6)43)36-40-29(21-50-36)33(44)38-27(18-24(5)37(47)48)19-26-14-10-9-11-15-26/h9-11,14-15,21-24,27-28,30-32H,8,12-13,16-20H2,1-7H3,(H,38,44)(H,39,46)(H,41,45)(H,47,48)/t23-,24+,27-,28-,30-,31-,32+/m1/s1. The minimum Gasteiger partial charge on any atom is -0.481 e. The van der Waals surface area contributed by atoms with Crippen LogP contribution in [0.5, 0.6) is 0 Å². The van der Waals surface area contributed by atoms with Gasteiger partial charge in [0.25, 0.3) is 5.91 Å². The number of thiazole rings is 1. The number of hydrogen-bond donors (Lipinski definition) is 4. The second kappa shape index (κ2) is 19.5. The van der Waals surface area contributed by atoms with E-state index in [2.05, 4.69) is 20.9 Å². The molecule has 0 unspecified atom stereocenters. The highest BCUT2D eigenvalue weighted by Gasteiger charge is 2.34. The van der Waals surface area contributed by atoms with Gasteiger partial charge >= 0.3 is 11.9 Å². The predicted molar refractivity (Wildman–Crippen MR) is 192 cm³/mol. The van der Waals surface area contributed by atoms with Crippen LogP contribution >= 0.6 is 11.3 Å². The molecule has 2 aromatic rings. The molecule has 50 heavy (non-hydrogen) atoms. The normalized spacial score (nSPS) is 18.6. The van der Waals surface area contributed by atoms with E-state index in [9.17, 15) is 29.1 Å². The van der Waals surface area contributed by atoms with Crippen molar-refractivity contribution in [1.82, 2.24) is 25.8 Å². The summed E-state index contributed by atoms with van der Waals surface area (Å²) in [5.74, 6) is -3.24. The molecule has 0 aliphatic carbocycles. The molecule has 3 rings (SSSR count). The van der Waals surface area contributed by atoms with Gasteiger partial charge in [0.05, 0.1) is 12.0 Å². The predicted octanol–water partition coefficient (Wildman–Crippen LogP) is 4.75. The minimum absolute atomic E-state index is 0.0625. The Morgan fingerprint density at radius 3 is 2.32 bits per heavy atom. The molecule has 3 amide bonds. The van der Waals surface area contributed by atoms with E-state index >= 15 is 0 Å². The number of carboxylic acid groups (broad SMARTS) is 1. The van der Waals surface area contributed by atoms with Crippen molar-refractivity contribution in [2.45, 2.75) is 117 Å². The Balaban J connectivity index is 1.76. The average Bonchev–Trinajstić information content (AvgIpc) is 3.57. The Labute approximate surface area is 300 Å². The van der Waals surface area contributed by atoms with Gasteiger partial charge < -0.3 is 25.8 Å². The fraction of sp³-hybridized carbons (Fsp3) is 0.622. The van der Waals surface area contributed by atoms with E-state index in [0.717, 1.165) is 31.4 Å². The number of aliphatic carboxylic acids is 1. The number of esters is 1. The molecule has 0 spiro atoms. The molecular weight excluding hydrogens is 659 g/mol. The molecule has 0 saturated carbocycles. The molecule has 1 aliphatic heterocycles. The SMILES string of the molecule is CC[C@@H](C)[C@H](NC(=O)[C@H]1CCCCN1C)C(=O)N[C@H](C[C@@H](OC(C)=O)c1nc(C(=O)N[C@@H](Cc2ccccc2)C[C@H](C)C(=O)O)cs1)C(C)C. The monoisotopic (exact) mass is 713 g/mol. The number of rotatable bonds is 18. The lowest BCUT2D eigenvalue weighted by molar-refractivity contribution is -0.147. The first kappa shape index (κ1) is 40.6. The molecule has 1 aromatic carbocycles. The number of aromatic nitrogens is 1. The van der Waals surface area contributed by atoms with Crippen molar-refractivity contribution in [3.05, 3.63) is 52.0 Å². The van der Waals surface area contributed by atoms with Crippen LogP contribution in [-0.4, -0.2) is 82.4 Å². The zero-order valence-corrected chi connectivity index (χ0v) is 31.3. The fourth-order valence-electron chi connectivity index (χ4n) is 6.18. The smallest absolute Gasteiger partial charge is 0.306 e. The third kappa shape index (κ3) is 12.2.